The van der Waals surface area contributed by atoms with Gasteiger partial charge >= 0.3 is 0 Å². The molecular formula is C19H12N2OS. The van der Waals surface area contributed by atoms with E-state index in [-0.39, 0.29) is 0 Å². The van der Waals surface area contributed by atoms with Crippen LogP contribution in [0.2, 0.25) is 0 Å². The molecule has 0 radical (unpaired) electrons. The lowest BCUT2D eigenvalue weighted by Crippen LogP contribution is -2.04. The third-order valence-corrected chi connectivity index (χ3v) is 4.74. The fraction of sp³-hybridized carbons (Fsp3) is 0.0526. The monoisotopic (exact) mass is 316 g/mol. The molecular weight excluding hydrogens is 304 g/mol. The molecule has 1 unspecified atom stereocenters. The first-order chi connectivity index (χ1) is 11.3. The van der Waals surface area contributed by atoms with Crippen LogP contribution in [0.4, 0.5) is 0 Å². The average molecular weight is 316 g/mol. The Balaban J connectivity index is 1.91. The van der Waals surface area contributed by atoms with Crippen LogP contribution in [-0.4, -0.2) is 10.1 Å². The summed E-state index contributed by atoms with van der Waals surface area (Å²) in [5.41, 5.74) is 5.63. The van der Waals surface area contributed by atoms with Crippen molar-refractivity contribution in [3.05, 3.63) is 75.2 Å². The molecule has 1 N–H and O–H groups in total. The summed E-state index contributed by atoms with van der Waals surface area (Å²) in [6.07, 6.45) is 4.75. The Kier molecular flexibility index (Phi) is 3.30. The number of aliphatic hydroxyl groups excluding tert-OH is 1. The number of pyridine rings is 1. The second-order valence-corrected chi connectivity index (χ2v) is 6.15. The van der Waals surface area contributed by atoms with Gasteiger partial charge in [-0.25, -0.2) is 0 Å². The molecule has 0 amide bonds. The van der Waals surface area contributed by atoms with Crippen LogP contribution < -0.4 is 0 Å². The maximum absolute atomic E-state index is 10.8. The summed E-state index contributed by atoms with van der Waals surface area (Å²) < 4.78 is 0. The van der Waals surface area contributed by atoms with Crippen LogP contribution in [-0.2, 0) is 0 Å². The summed E-state index contributed by atoms with van der Waals surface area (Å²) in [4.78, 5) is 4.50. The predicted molar refractivity (Wildman–Crippen MR) is 91.7 cm³/mol. The van der Waals surface area contributed by atoms with Gasteiger partial charge in [-0.3, -0.25) is 4.98 Å². The molecule has 1 aliphatic carbocycles. The van der Waals surface area contributed by atoms with E-state index < -0.39 is 6.10 Å². The number of nitrogens with zero attached hydrogens (tertiary/aromatic N) is 2. The van der Waals surface area contributed by atoms with E-state index in [1.807, 2.05) is 41.9 Å². The molecule has 0 aliphatic heterocycles. The SMILES string of the molecule is N#Cc1cccc2c1C=Cc1ncc(-c3ccsc3)cc1C2O. The minimum absolute atomic E-state index is 0.559. The van der Waals surface area contributed by atoms with E-state index in [1.165, 1.54) is 0 Å². The molecule has 4 rings (SSSR count). The number of aliphatic hydroxyl groups is 1. The molecule has 2 heterocycles. The summed E-state index contributed by atoms with van der Waals surface area (Å²) in [6.45, 7) is 0. The molecule has 0 bridgehead atoms. The number of thiophene rings is 1. The van der Waals surface area contributed by atoms with Crippen LogP contribution >= 0.6 is 11.3 Å². The van der Waals surface area contributed by atoms with Crippen molar-refractivity contribution >= 4 is 23.5 Å². The first-order valence-corrected chi connectivity index (χ1v) is 8.14. The number of hydrogen-bond donors (Lipinski definition) is 1. The Bertz CT molecular complexity index is 952. The second-order valence-electron chi connectivity index (χ2n) is 5.37. The van der Waals surface area contributed by atoms with E-state index >= 15 is 0 Å². The van der Waals surface area contributed by atoms with E-state index in [0.29, 0.717) is 5.56 Å². The number of rotatable bonds is 1. The van der Waals surface area contributed by atoms with Crippen molar-refractivity contribution in [2.45, 2.75) is 6.10 Å². The third kappa shape index (κ3) is 2.27. The second kappa shape index (κ2) is 5.47. The predicted octanol–water partition coefficient (Wildman–Crippen LogP) is 4.25. The maximum atomic E-state index is 10.8. The van der Waals surface area contributed by atoms with Gasteiger partial charge in [0.15, 0.2) is 0 Å². The Hall–Kier alpha value is -2.74. The van der Waals surface area contributed by atoms with Crippen molar-refractivity contribution < 1.29 is 5.11 Å². The zero-order chi connectivity index (χ0) is 15.8. The zero-order valence-corrected chi connectivity index (χ0v) is 12.9. The Morgan fingerprint density at radius 3 is 2.83 bits per heavy atom. The zero-order valence-electron chi connectivity index (χ0n) is 12.1. The van der Waals surface area contributed by atoms with Gasteiger partial charge in [-0.2, -0.15) is 16.6 Å². The molecule has 0 saturated heterocycles. The number of hydrogen-bond acceptors (Lipinski definition) is 4. The topological polar surface area (TPSA) is 56.9 Å². The lowest BCUT2D eigenvalue weighted by atomic mass is 9.94. The lowest BCUT2D eigenvalue weighted by molar-refractivity contribution is 0.219. The minimum atomic E-state index is -0.797. The highest BCUT2D eigenvalue weighted by Gasteiger charge is 2.22. The largest absolute Gasteiger partial charge is 0.384 e. The third-order valence-electron chi connectivity index (χ3n) is 4.06. The summed E-state index contributed by atoms with van der Waals surface area (Å²) in [7, 11) is 0. The number of nitriles is 1. The molecule has 23 heavy (non-hydrogen) atoms. The Labute approximate surface area is 137 Å². The van der Waals surface area contributed by atoms with Crippen LogP contribution in [0.25, 0.3) is 23.3 Å². The summed E-state index contributed by atoms with van der Waals surface area (Å²) in [6, 6.07) is 11.6. The summed E-state index contributed by atoms with van der Waals surface area (Å²) in [5.74, 6) is 0. The summed E-state index contributed by atoms with van der Waals surface area (Å²) in [5, 5.41) is 24.2. The van der Waals surface area contributed by atoms with Gasteiger partial charge in [0.25, 0.3) is 0 Å². The quantitative estimate of drug-likeness (QED) is 0.730. The fourth-order valence-corrected chi connectivity index (χ4v) is 3.54. The molecule has 4 heteroatoms. The van der Waals surface area contributed by atoms with Gasteiger partial charge in [-0.05, 0) is 51.7 Å². The van der Waals surface area contributed by atoms with Gasteiger partial charge in [0.2, 0.25) is 0 Å². The highest BCUT2D eigenvalue weighted by Crippen LogP contribution is 2.35. The molecule has 1 aromatic carbocycles. The Morgan fingerprint density at radius 1 is 1.13 bits per heavy atom. The average Bonchev–Trinajstić information content (AvgIpc) is 3.09. The van der Waals surface area contributed by atoms with Crippen molar-refractivity contribution in [3.63, 3.8) is 0 Å². The van der Waals surface area contributed by atoms with Crippen LogP contribution in [0, 0.1) is 11.3 Å². The first kappa shape index (κ1) is 13.9. The lowest BCUT2D eigenvalue weighted by Gasteiger charge is -2.15. The van der Waals surface area contributed by atoms with Crippen LogP contribution in [0.5, 0.6) is 0 Å². The molecule has 3 nitrogen and oxygen atoms in total. The number of fused-ring (bicyclic) bond motifs is 2. The highest BCUT2D eigenvalue weighted by molar-refractivity contribution is 7.08. The molecule has 1 aliphatic rings. The van der Waals surface area contributed by atoms with E-state index in [2.05, 4.69) is 16.4 Å². The molecule has 2 aromatic heterocycles. The molecule has 1 atom stereocenters. The van der Waals surface area contributed by atoms with Gasteiger partial charge in [0, 0.05) is 17.3 Å². The van der Waals surface area contributed by atoms with E-state index in [1.54, 1.807) is 23.5 Å². The van der Waals surface area contributed by atoms with E-state index in [9.17, 15) is 10.4 Å². The van der Waals surface area contributed by atoms with E-state index in [0.717, 1.165) is 33.5 Å². The van der Waals surface area contributed by atoms with Crippen molar-refractivity contribution in [3.8, 4) is 17.2 Å². The van der Waals surface area contributed by atoms with Gasteiger partial charge < -0.3 is 5.11 Å². The van der Waals surface area contributed by atoms with E-state index in [4.69, 9.17) is 0 Å². The van der Waals surface area contributed by atoms with Crippen LogP contribution in [0.3, 0.4) is 0 Å². The van der Waals surface area contributed by atoms with Crippen molar-refractivity contribution in [2.24, 2.45) is 0 Å². The molecule has 0 fully saturated rings. The maximum Gasteiger partial charge on any atom is 0.107 e. The highest BCUT2D eigenvalue weighted by atomic mass is 32.1. The van der Waals surface area contributed by atoms with Gasteiger partial charge in [-0.1, -0.05) is 18.2 Å². The molecule has 3 aromatic rings. The normalized spacial score (nSPS) is 15.4. The Morgan fingerprint density at radius 2 is 2.04 bits per heavy atom. The van der Waals surface area contributed by atoms with Crippen LogP contribution in [0.15, 0.2) is 47.3 Å². The van der Waals surface area contributed by atoms with Gasteiger partial charge in [-0.15, -0.1) is 0 Å². The molecule has 0 spiro atoms. The molecule has 110 valence electrons. The van der Waals surface area contributed by atoms with Crippen LogP contribution in [0.1, 0.15) is 34.1 Å². The first-order valence-electron chi connectivity index (χ1n) is 7.19. The fourth-order valence-electron chi connectivity index (χ4n) is 2.87. The standard InChI is InChI=1S/C19H12N2OS/c20-9-12-2-1-3-16-15(12)4-5-18-17(19(16)22)8-14(10-21-18)13-6-7-23-11-13/h1-8,10-11,19,22H. The smallest absolute Gasteiger partial charge is 0.107 e. The number of benzene rings is 1. The minimum Gasteiger partial charge on any atom is -0.384 e. The van der Waals surface area contributed by atoms with Crippen molar-refractivity contribution in [2.75, 3.05) is 0 Å². The van der Waals surface area contributed by atoms with Gasteiger partial charge in [0.1, 0.15) is 6.10 Å². The van der Waals surface area contributed by atoms with Crippen molar-refractivity contribution in [1.82, 2.24) is 4.98 Å². The number of aromatic nitrogens is 1. The molecule has 0 saturated carbocycles. The summed E-state index contributed by atoms with van der Waals surface area (Å²) >= 11 is 1.63. The van der Waals surface area contributed by atoms with Gasteiger partial charge in [0.05, 0.1) is 17.3 Å². The van der Waals surface area contributed by atoms with Crippen molar-refractivity contribution in [1.29, 1.82) is 5.26 Å².